The Labute approximate surface area is 104 Å². The van der Waals surface area contributed by atoms with Crippen LogP contribution in [-0.2, 0) is 5.60 Å². The average molecular weight is 247 g/mol. The molecule has 5 heteroatoms. The van der Waals surface area contributed by atoms with Gasteiger partial charge in [-0.15, -0.1) is 0 Å². The maximum Gasteiger partial charge on any atom is 0.141 e. The number of pyridine rings is 2. The van der Waals surface area contributed by atoms with Crippen molar-refractivity contribution >= 4 is 5.82 Å². The summed E-state index contributed by atoms with van der Waals surface area (Å²) in [5.74, 6) is -0.221. The molecule has 2 heterocycles. The minimum Gasteiger partial charge on any atom is -0.383 e. The summed E-state index contributed by atoms with van der Waals surface area (Å²) >= 11 is 0. The molecule has 0 aliphatic rings. The van der Waals surface area contributed by atoms with Gasteiger partial charge in [0.1, 0.15) is 17.2 Å². The van der Waals surface area contributed by atoms with Gasteiger partial charge in [0.15, 0.2) is 0 Å². The van der Waals surface area contributed by atoms with E-state index in [2.05, 4.69) is 9.97 Å². The summed E-state index contributed by atoms with van der Waals surface area (Å²) in [5, 5.41) is 10.5. The Kier molecular flexibility index (Phi) is 3.00. The summed E-state index contributed by atoms with van der Waals surface area (Å²) in [6.07, 6.45) is 2.68. The smallest absolute Gasteiger partial charge is 0.141 e. The lowest BCUT2D eigenvalue weighted by molar-refractivity contribution is 0.0977. The van der Waals surface area contributed by atoms with Gasteiger partial charge in [-0.2, -0.15) is 0 Å². The van der Waals surface area contributed by atoms with E-state index in [1.807, 2.05) is 6.92 Å². The molecule has 2 rings (SSSR count). The van der Waals surface area contributed by atoms with Crippen LogP contribution in [0, 0.1) is 12.7 Å². The SMILES string of the molecule is Cc1cnc(N)c(C(C)(O)c2ccc(F)cn2)c1. The topological polar surface area (TPSA) is 72.0 Å². The standard InChI is InChI=1S/C13H14FN3O/c1-8-5-10(12(15)17-6-8)13(2,18)11-4-3-9(14)7-16-11/h3-7,18H,1-2H3,(H2,15,17). The van der Waals surface area contributed by atoms with Gasteiger partial charge >= 0.3 is 0 Å². The zero-order valence-electron chi connectivity index (χ0n) is 10.2. The number of nitrogen functional groups attached to an aromatic ring is 1. The van der Waals surface area contributed by atoms with Gasteiger partial charge in [-0.1, -0.05) is 0 Å². The van der Waals surface area contributed by atoms with E-state index in [1.54, 1.807) is 19.2 Å². The fourth-order valence-corrected chi connectivity index (χ4v) is 1.77. The molecule has 0 amide bonds. The van der Waals surface area contributed by atoms with Crippen LogP contribution in [0.25, 0.3) is 0 Å². The van der Waals surface area contributed by atoms with Gasteiger partial charge in [0.25, 0.3) is 0 Å². The number of nitrogens with two attached hydrogens (primary N) is 1. The molecule has 0 saturated carbocycles. The highest BCUT2D eigenvalue weighted by atomic mass is 19.1. The minimum absolute atomic E-state index is 0.233. The monoisotopic (exact) mass is 247 g/mol. The van der Waals surface area contributed by atoms with Crippen molar-refractivity contribution in [3.05, 3.63) is 53.2 Å². The molecule has 1 unspecified atom stereocenters. The molecule has 0 aromatic carbocycles. The lowest BCUT2D eigenvalue weighted by Crippen LogP contribution is -2.26. The van der Waals surface area contributed by atoms with E-state index < -0.39 is 11.4 Å². The fourth-order valence-electron chi connectivity index (χ4n) is 1.77. The van der Waals surface area contributed by atoms with Crippen LogP contribution in [0.15, 0.2) is 30.6 Å². The summed E-state index contributed by atoms with van der Waals surface area (Å²) in [6.45, 7) is 3.41. The van der Waals surface area contributed by atoms with Gasteiger partial charge in [0.05, 0.1) is 11.9 Å². The third kappa shape index (κ3) is 2.17. The van der Waals surface area contributed by atoms with E-state index in [0.29, 0.717) is 11.3 Å². The molecule has 1 atom stereocenters. The summed E-state index contributed by atoms with van der Waals surface area (Å²) in [4.78, 5) is 7.89. The molecule has 0 aliphatic carbocycles. The van der Waals surface area contributed by atoms with E-state index in [9.17, 15) is 9.50 Å². The molecule has 18 heavy (non-hydrogen) atoms. The van der Waals surface area contributed by atoms with Gasteiger partial charge in [0.2, 0.25) is 0 Å². The van der Waals surface area contributed by atoms with Crippen molar-refractivity contribution in [3.63, 3.8) is 0 Å². The average Bonchev–Trinajstić information content (AvgIpc) is 2.32. The normalized spacial score (nSPS) is 14.2. The number of aryl methyl sites for hydroxylation is 1. The van der Waals surface area contributed by atoms with E-state index in [1.165, 1.54) is 12.1 Å². The number of hydrogen-bond acceptors (Lipinski definition) is 4. The van der Waals surface area contributed by atoms with Crippen LogP contribution in [0.2, 0.25) is 0 Å². The lowest BCUT2D eigenvalue weighted by Gasteiger charge is -2.24. The van der Waals surface area contributed by atoms with E-state index in [4.69, 9.17) is 5.73 Å². The molecule has 0 spiro atoms. The zero-order chi connectivity index (χ0) is 13.3. The number of aromatic nitrogens is 2. The lowest BCUT2D eigenvalue weighted by atomic mass is 9.91. The van der Waals surface area contributed by atoms with Crippen molar-refractivity contribution < 1.29 is 9.50 Å². The second-order valence-corrected chi connectivity index (χ2v) is 4.38. The first-order chi connectivity index (χ1) is 8.41. The van der Waals surface area contributed by atoms with Crippen molar-refractivity contribution in [2.24, 2.45) is 0 Å². The van der Waals surface area contributed by atoms with Crippen molar-refractivity contribution in [2.75, 3.05) is 5.73 Å². The third-order valence-corrected chi connectivity index (χ3v) is 2.81. The highest BCUT2D eigenvalue weighted by Crippen LogP contribution is 2.31. The molecule has 0 fully saturated rings. The largest absolute Gasteiger partial charge is 0.383 e. The van der Waals surface area contributed by atoms with Crippen molar-refractivity contribution in [1.82, 2.24) is 9.97 Å². The van der Waals surface area contributed by atoms with Crippen LogP contribution in [0.5, 0.6) is 0 Å². The summed E-state index contributed by atoms with van der Waals surface area (Å²) in [6, 6.07) is 4.42. The molecular formula is C13H14FN3O. The Balaban J connectivity index is 2.53. The molecule has 2 aromatic rings. The second-order valence-electron chi connectivity index (χ2n) is 4.38. The molecule has 0 aliphatic heterocycles. The predicted molar refractivity (Wildman–Crippen MR) is 66.3 cm³/mol. The predicted octanol–water partition coefficient (Wildman–Crippen LogP) is 1.76. The zero-order valence-corrected chi connectivity index (χ0v) is 10.2. The molecule has 2 aromatic heterocycles. The molecule has 4 nitrogen and oxygen atoms in total. The van der Waals surface area contributed by atoms with Crippen LogP contribution in [-0.4, -0.2) is 15.1 Å². The highest BCUT2D eigenvalue weighted by Gasteiger charge is 2.30. The molecule has 0 saturated heterocycles. The molecule has 94 valence electrons. The quantitative estimate of drug-likeness (QED) is 0.848. The van der Waals surface area contributed by atoms with Gasteiger partial charge in [0, 0.05) is 11.8 Å². The summed E-state index contributed by atoms with van der Waals surface area (Å²) in [5.41, 5.74) is 6.02. The number of hydrogen-bond donors (Lipinski definition) is 2. The van der Waals surface area contributed by atoms with Crippen LogP contribution in [0.4, 0.5) is 10.2 Å². The van der Waals surface area contributed by atoms with E-state index in [0.717, 1.165) is 11.8 Å². The molecule has 3 N–H and O–H groups in total. The number of halogens is 1. The Morgan fingerprint density at radius 3 is 2.61 bits per heavy atom. The number of anilines is 1. The maximum absolute atomic E-state index is 12.8. The highest BCUT2D eigenvalue weighted by molar-refractivity contribution is 5.47. The van der Waals surface area contributed by atoms with Crippen molar-refractivity contribution in [2.45, 2.75) is 19.4 Å². The van der Waals surface area contributed by atoms with Crippen LogP contribution in [0.1, 0.15) is 23.7 Å². The number of nitrogens with zero attached hydrogens (tertiary/aromatic N) is 2. The Morgan fingerprint density at radius 1 is 1.28 bits per heavy atom. The third-order valence-electron chi connectivity index (χ3n) is 2.81. The Bertz CT molecular complexity index is 567. The van der Waals surface area contributed by atoms with Crippen LogP contribution >= 0.6 is 0 Å². The van der Waals surface area contributed by atoms with Gasteiger partial charge in [-0.05, 0) is 37.6 Å². The van der Waals surface area contributed by atoms with Crippen molar-refractivity contribution in [1.29, 1.82) is 0 Å². The van der Waals surface area contributed by atoms with Crippen molar-refractivity contribution in [3.8, 4) is 0 Å². The minimum atomic E-state index is -1.41. The molecule has 0 radical (unpaired) electrons. The van der Waals surface area contributed by atoms with E-state index in [-0.39, 0.29) is 5.82 Å². The number of rotatable bonds is 2. The van der Waals surface area contributed by atoms with Gasteiger partial charge < -0.3 is 10.8 Å². The van der Waals surface area contributed by atoms with Crippen LogP contribution < -0.4 is 5.73 Å². The Morgan fingerprint density at radius 2 is 2.00 bits per heavy atom. The first kappa shape index (κ1) is 12.4. The summed E-state index contributed by atoms with van der Waals surface area (Å²) < 4.78 is 12.8. The Hall–Kier alpha value is -2.01. The van der Waals surface area contributed by atoms with E-state index >= 15 is 0 Å². The molecular weight excluding hydrogens is 233 g/mol. The maximum atomic E-state index is 12.8. The van der Waals surface area contributed by atoms with Gasteiger partial charge in [-0.3, -0.25) is 4.98 Å². The fraction of sp³-hybridized carbons (Fsp3) is 0.231. The first-order valence-electron chi connectivity index (χ1n) is 5.48. The molecule has 0 bridgehead atoms. The van der Waals surface area contributed by atoms with Crippen LogP contribution in [0.3, 0.4) is 0 Å². The first-order valence-corrected chi connectivity index (χ1v) is 5.48. The second kappa shape index (κ2) is 4.34. The number of aliphatic hydroxyl groups is 1. The summed E-state index contributed by atoms with van der Waals surface area (Å²) in [7, 11) is 0. The van der Waals surface area contributed by atoms with Gasteiger partial charge in [-0.25, -0.2) is 9.37 Å².